The van der Waals surface area contributed by atoms with Crippen molar-refractivity contribution in [3.05, 3.63) is 0 Å². The highest BCUT2D eigenvalue weighted by molar-refractivity contribution is 7.99. The highest BCUT2D eigenvalue weighted by Gasteiger charge is 2.15. The molecule has 0 bridgehead atoms. The lowest BCUT2D eigenvalue weighted by Crippen LogP contribution is -2.40. The molecular weight excluding hydrogens is 170 g/mol. The van der Waals surface area contributed by atoms with Crippen molar-refractivity contribution in [3.63, 3.8) is 0 Å². The minimum absolute atomic E-state index is 0.0887. The van der Waals surface area contributed by atoms with Gasteiger partial charge in [-0.25, -0.2) is 0 Å². The number of hydrogen-bond acceptors (Lipinski definition) is 3. The fourth-order valence-corrected chi connectivity index (χ4v) is 1.74. The largest absolute Gasteiger partial charge is 0.394 e. The van der Waals surface area contributed by atoms with Gasteiger partial charge in [-0.2, -0.15) is 11.8 Å². The Kier molecular flexibility index (Phi) is 6.90. The second kappa shape index (κ2) is 6.75. The summed E-state index contributed by atoms with van der Waals surface area (Å²) in [5.41, 5.74) is 5.40. The Hall–Kier alpha value is 0.270. The molecule has 0 aliphatic carbocycles. The summed E-state index contributed by atoms with van der Waals surface area (Å²) in [5.74, 6) is 2.40. The van der Waals surface area contributed by atoms with Gasteiger partial charge in [-0.05, 0) is 37.7 Å². The first-order valence-corrected chi connectivity index (χ1v) is 5.75. The average molecular weight is 191 g/mol. The number of thioether (sulfide) groups is 1. The van der Waals surface area contributed by atoms with Crippen molar-refractivity contribution in [2.75, 3.05) is 18.1 Å². The van der Waals surface area contributed by atoms with Crippen molar-refractivity contribution in [1.29, 1.82) is 0 Å². The molecule has 3 heteroatoms. The van der Waals surface area contributed by atoms with Crippen LogP contribution in [0.15, 0.2) is 0 Å². The van der Waals surface area contributed by atoms with Crippen molar-refractivity contribution in [1.82, 2.24) is 0 Å². The fourth-order valence-electron chi connectivity index (χ4n) is 0.904. The first kappa shape index (κ1) is 12.3. The molecule has 0 aliphatic rings. The van der Waals surface area contributed by atoms with E-state index in [1.165, 1.54) is 17.9 Å². The van der Waals surface area contributed by atoms with E-state index >= 15 is 0 Å². The first-order valence-electron chi connectivity index (χ1n) is 4.60. The zero-order valence-electron chi connectivity index (χ0n) is 8.18. The summed E-state index contributed by atoms with van der Waals surface area (Å²) >= 11 is 1.97. The predicted octanol–water partition coefficient (Wildman–Crippen LogP) is 1.62. The summed E-state index contributed by atoms with van der Waals surface area (Å²) in [6.45, 7) is 4.18. The lowest BCUT2D eigenvalue weighted by atomic mass is 9.99. The van der Waals surface area contributed by atoms with Gasteiger partial charge < -0.3 is 10.8 Å². The SMILES string of the molecule is CCCSCCCC(C)(N)CO. The molecule has 0 rings (SSSR count). The van der Waals surface area contributed by atoms with Crippen LogP contribution in [0.25, 0.3) is 0 Å². The van der Waals surface area contributed by atoms with E-state index in [1.807, 2.05) is 18.7 Å². The molecule has 0 saturated carbocycles. The Labute approximate surface area is 79.9 Å². The molecular formula is C9H21NOS. The molecule has 1 atom stereocenters. The van der Waals surface area contributed by atoms with Crippen molar-refractivity contribution in [3.8, 4) is 0 Å². The van der Waals surface area contributed by atoms with Crippen LogP contribution in [-0.2, 0) is 0 Å². The van der Waals surface area contributed by atoms with E-state index in [0.29, 0.717) is 0 Å². The summed E-state index contributed by atoms with van der Waals surface area (Å²) in [6.07, 6.45) is 3.27. The Morgan fingerprint density at radius 2 is 2.08 bits per heavy atom. The lowest BCUT2D eigenvalue weighted by molar-refractivity contribution is 0.200. The maximum Gasteiger partial charge on any atom is 0.0608 e. The number of nitrogens with two attached hydrogens (primary N) is 1. The molecule has 0 amide bonds. The fraction of sp³-hybridized carbons (Fsp3) is 1.00. The first-order chi connectivity index (χ1) is 5.62. The number of aliphatic hydroxyl groups excluding tert-OH is 1. The van der Waals surface area contributed by atoms with Crippen LogP contribution in [0.1, 0.15) is 33.1 Å². The maximum atomic E-state index is 8.86. The molecule has 0 heterocycles. The molecule has 0 spiro atoms. The van der Waals surface area contributed by atoms with Gasteiger partial charge in [0, 0.05) is 5.54 Å². The van der Waals surface area contributed by atoms with Gasteiger partial charge in [0.15, 0.2) is 0 Å². The van der Waals surface area contributed by atoms with E-state index in [2.05, 4.69) is 6.92 Å². The average Bonchev–Trinajstić information content (AvgIpc) is 2.04. The van der Waals surface area contributed by atoms with Crippen LogP contribution in [0.3, 0.4) is 0 Å². The molecule has 2 nitrogen and oxygen atoms in total. The van der Waals surface area contributed by atoms with E-state index in [1.54, 1.807) is 0 Å². The minimum atomic E-state index is -0.368. The van der Waals surface area contributed by atoms with E-state index in [4.69, 9.17) is 10.8 Å². The minimum Gasteiger partial charge on any atom is -0.394 e. The van der Waals surface area contributed by atoms with Gasteiger partial charge in [-0.3, -0.25) is 0 Å². The van der Waals surface area contributed by atoms with Gasteiger partial charge in [0.1, 0.15) is 0 Å². The van der Waals surface area contributed by atoms with E-state index in [0.717, 1.165) is 12.8 Å². The molecule has 12 heavy (non-hydrogen) atoms. The topological polar surface area (TPSA) is 46.2 Å². The van der Waals surface area contributed by atoms with Crippen LogP contribution in [0.4, 0.5) is 0 Å². The molecule has 74 valence electrons. The Morgan fingerprint density at radius 3 is 2.58 bits per heavy atom. The molecule has 0 aliphatic heterocycles. The van der Waals surface area contributed by atoms with Crippen LogP contribution in [0.2, 0.25) is 0 Å². The van der Waals surface area contributed by atoms with E-state index in [9.17, 15) is 0 Å². The van der Waals surface area contributed by atoms with E-state index < -0.39 is 0 Å². The van der Waals surface area contributed by atoms with Crippen molar-refractivity contribution >= 4 is 11.8 Å². The van der Waals surface area contributed by atoms with Crippen molar-refractivity contribution in [2.45, 2.75) is 38.6 Å². The third-order valence-electron chi connectivity index (χ3n) is 1.75. The van der Waals surface area contributed by atoms with Crippen LogP contribution in [0.5, 0.6) is 0 Å². The molecule has 0 fully saturated rings. The van der Waals surface area contributed by atoms with Gasteiger partial charge in [0.2, 0.25) is 0 Å². The molecule has 3 N–H and O–H groups in total. The van der Waals surface area contributed by atoms with E-state index in [-0.39, 0.29) is 12.1 Å². The third-order valence-corrected chi connectivity index (χ3v) is 3.02. The quantitative estimate of drug-likeness (QED) is 0.601. The lowest BCUT2D eigenvalue weighted by Gasteiger charge is -2.20. The molecule has 0 radical (unpaired) electrons. The van der Waals surface area contributed by atoms with Crippen molar-refractivity contribution in [2.24, 2.45) is 5.73 Å². The van der Waals surface area contributed by atoms with Crippen LogP contribution in [-0.4, -0.2) is 28.8 Å². The molecule has 0 aromatic rings. The zero-order valence-corrected chi connectivity index (χ0v) is 8.99. The van der Waals surface area contributed by atoms with Crippen molar-refractivity contribution < 1.29 is 5.11 Å². The van der Waals surface area contributed by atoms with Crippen LogP contribution < -0.4 is 5.73 Å². The number of aliphatic hydroxyl groups is 1. The normalized spacial score (nSPS) is 16.0. The molecule has 0 aromatic heterocycles. The van der Waals surface area contributed by atoms with Gasteiger partial charge in [-0.15, -0.1) is 0 Å². The number of hydrogen-bond donors (Lipinski definition) is 2. The summed E-state index contributed by atoms with van der Waals surface area (Å²) < 4.78 is 0. The summed E-state index contributed by atoms with van der Waals surface area (Å²) in [7, 11) is 0. The van der Waals surface area contributed by atoms with Gasteiger partial charge in [0.05, 0.1) is 6.61 Å². The molecule has 0 aromatic carbocycles. The molecule has 1 unspecified atom stereocenters. The summed E-state index contributed by atoms with van der Waals surface area (Å²) in [5, 5.41) is 8.86. The highest BCUT2D eigenvalue weighted by atomic mass is 32.2. The number of rotatable bonds is 7. The van der Waals surface area contributed by atoms with Crippen LogP contribution in [0, 0.1) is 0 Å². The van der Waals surface area contributed by atoms with Gasteiger partial charge in [0.25, 0.3) is 0 Å². The zero-order chi connectivity index (χ0) is 9.45. The maximum absolute atomic E-state index is 8.86. The summed E-state index contributed by atoms with van der Waals surface area (Å²) in [6, 6.07) is 0. The molecule has 0 saturated heterocycles. The van der Waals surface area contributed by atoms with Gasteiger partial charge in [-0.1, -0.05) is 6.92 Å². The standard InChI is InChI=1S/C9H21NOS/c1-3-6-12-7-4-5-9(2,10)8-11/h11H,3-8,10H2,1-2H3. The highest BCUT2D eigenvalue weighted by Crippen LogP contribution is 2.12. The van der Waals surface area contributed by atoms with Crippen LogP contribution >= 0.6 is 11.8 Å². The predicted molar refractivity (Wildman–Crippen MR) is 56.5 cm³/mol. The Bertz CT molecular complexity index is 107. The Balaban J connectivity index is 3.19. The summed E-state index contributed by atoms with van der Waals surface area (Å²) in [4.78, 5) is 0. The second-order valence-electron chi connectivity index (χ2n) is 3.53. The smallest absolute Gasteiger partial charge is 0.0608 e. The monoisotopic (exact) mass is 191 g/mol. The second-order valence-corrected chi connectivity index (χ2v) is 4.75. The van der Waals surface area contributed by atoms with Gasteiger partial charge >= 0.3 is 0 Å². The third kappa shape index (κ3) is 6.95. The Morgan fingerprint density at radius 1 is 1.42 bits per heavy atom.